The maximum Gasteiger partial charge on any atom is 0.416 e. The number of rotatable bonds is 1. The zero-order valence-electron chi connectivity index (χ0n) is 7.15. The normalized spacial score (nSPS) is 11.5. The van der Waals surface area contributed by atoms with E-state index in [-0.39, 0.29) is 9.30 Å². The average molecular weight is 343 g/mol. The highest BCUT2D eigenvalue weighted by Crippen LogP contribution is 2.35. The van der Waals surface area contributed by atoms with Crippen LogP contribution in [-0.4, -0.2) is 0 Å². The van der Waals surface area contributed by atoms with Gasteiger partial charge in [-0.3, -0.25) is 0 Å². The Hall–Kier alpha value is -0.540. The summed E-state index contributed by atoms with van der Waals surface area (Å²) in [6.45, 7) is 0. The van der Waals surface area contributed by atoms with Crippen LogP contribution in [0.1, 0.15) is 20.4 Å². The summed E-state index contributed by atoms with van der Waals surface area (Å²) in [5.41, 5.74) is -0.336. The van der Waals surface area contributed by atoms with Crippen LogP contribution in [0.2, 0.25) is 0 Å². The molecule has 0 N–H and O–H groups in total. The summed E-state index contributed by atoms with van der Waals surface area (Å²) in [5, 5.41) is 8.70. The van der Waals surface area contributed by atoms with E-state index in [0.717, 1.165) is 12.1 Å². The van der Waals surface area contributed by atoms with Crippen molar-refractivity contribution in [3.05, 3.63) is 34.9 Å². The predicted molar refractivity (Wildman–Crippen MR) is 56.8 cm³/mol. The Bertz CT molecular complexity index is 407. The van der Waals surface area contributed by atoms with E-state index in [9.17, 15) is 13.2 Å². The molecule has 0 aliphatic heterocycles. The van der Waals surface area contributed by atoms with Crippen LogP contribution in [0.4, 0.5) is 13.2 Å². The minimum Gasteiger partial charge on any atom is -0.192 e. The number of halogens is 5. The van der Waals surface area contributed by atoms with Crippen molar-refractivity contribution < 1.29 is 13.2 Å². The van der Waals surface area contributed by atoms with E-state index in [4.69, 9.17) is 5.26 Å². The van der Waals surface area contributed by atoms with E-state index in [1.807, 2.05) is 0 Å². The standard InChI is InChI=1S/C9H4Br2F3N/c10-8(11)7-2-1-6(9(12,13)14)3-5(7)4-15/h1-3,8H. The SMILES string of the molecule is N#Cc1cc(C(F)(F)F)ccc1C(Br)Br. The van der Waals surface area contributed by atoms with Crippen molar-refractivity contribution >= 4 is 31.9 Å². The van der Waals surface area contributed by atoms with Crippen molar-refractivity contribution in [2.24, 2.45) is 0 Å². The zero-order chi connectivity index (χ0) is 11.6. The first kappa shape index (κ1) is 12.5. The van der Waals surface area contributed by atoms with Crippen LogP contribution in [0.5, 0.6) is 0 Å². The van der Waals surface area contributed by atoms with E-state index in [0.29, 0.717) is 5.56 Å². The molecule has 6 heteroatoms. The van der Waals surface area contributed by atoms with Crippen LogP contribution >= 0.6 is 31.9 Å². The largest absolute Gasteiger partial charge is 0.416 e. The molecule has 0 aliphatic carbocycles. The highest BCUT2D eigenvalue weighted by molar-refractivity contribution is 9.24. The summed E-state index contributed by atoms with van der Waals surface area (Å²) in [6.07, 6.45) is -4.42. The molecule has 0 aromatic heterocycles. The van der Waals surface area contributed by atoms with Crippen LogP contribution in [0.15, 0.2) is 18.2 Å². The first-order valence-corrected chi connectivity index (χ1v) is 5.59. The van der Waals surface area contributed by atoms with Gasteiger partial charge >= 0.3 is 6.18 Å². The predicted octanol–water partition coefficient (Wildman–Crippen LogP) is 4.37. The Morgan fingerprint density at radius 1 is 1.27 bits per heavy atom. The number of alkyl halides is 5. The van der Waals surface area contributed by atoms with Crippen molar-refractivity contribution in [1.82, 2.24) is 0 Å². The van der Waals surface area contributed by atoms with E-state index in [1.165, 1.54) is 6.07 Å². The molecule has 0 spiro atoms. The molecule has 0 fully saturated rings. The van der Waals surface area contributed by atoms with Gasteiger partial charge in [0.05, 0.1) is 20.9 Å². The lowest BCUT2D eigenvalue weighted by molar-refractivity contribution is -0.137. The fraction of sp³-hybridized carbons (Fsp3) is 0.222. The number of hydrogen-bond donors (Lipinski definition) is 0. The van der Waals surface area contributed by atoms with Crippen LogP contribution < -0.4 is 0 Å². The Kier molecular flexibility index (Phi) is 3.79. The fourth-order valence-electron chi connectivity index (χ4n) is 1.02. The molecular weight excluding hydrogens is 339 g/mol. The molecule has 80 valence electrons. The van der Waals surface area contributed by atoms with Gasteiger partial charge in [-0.25, -0.2) is 0 Å². The summed E-state index contributed by atoms with van der Waals surface area (Å²) in [7, 11) is 0. The third-order valence-electron chi connectivity index (χ3n) is 1.74. The van der Waals surface area contributed by atoms with Gasteiger partial charge in [-0.15, -0.1) is 0 Å². The fourth-order valence-corrected chi connectivity index (χ4v) is 1.82. The van der Waals surface area contributed by atoms with Gasteiger partial charge in [-0.2, -0.15) is 18.4 Å². The summed E-state index contributed by atoms with van der Waals surface area (Å²) in [6, 6.07) is 4.79. The quantitative estimate of drug-likeness (QED) is 0.695. The van der Waals surface area contributed by atoms with Gasteiger partial charge in [0, 0.05) is 0 Å². The molecule has 0 saturated heterocycles. The molecule has 0 bridgehead atoms. The molecule has 0 aliphatic rings. The Labute approximate surface area is 101 Å². The third-order valence-corrected chi connectivity index (χ3v) is 2.72. The van der Waals surface area contributed by atoms with Gasteiger partial charge in [0.25, 0.3) is 0 Å². The third kappa shape index (κ3) is 2.95. The summed E-state index contributed by atoms with van der Waals surface area (Å²) < 4.78 is 36.6. The molecule has 1 nitrogen and oxygen atoms in total. The van der Waals surface area contributed by atoms with Gasteiger partial charge in [0.1, 0.15) is 0 Å². The lowest BCUT2D eigenvalue weighted by Gasteiger charge is -2.10. The average Bonchev–Trinajstić information content (AvgIpc) is 2.15. The minimum atomic E-state index is -4.42. The van der Waals surface area contributed by atoms with E-state index in [2.05, 4.69) is 31.9 Å². The first-order valence-electron chi connectivity index (χ1n) is 3.75. The molecule has 0 atom stereocenters. The summed E-state index contributed by atoms with van der Waals surface area (Å²) >= 11 is 6.27. The minimum absolute atomic E-state index is 0.00331. The van der Waals surface area contributed by atoms with Gasteiger partial charge in [-0.05, 0) is 17.7 Å². The summed E-state index contributed by atoms with van der Waals surface area (Å²) in [4.78, 5) is 0. The summed E-state index contributed by atoms with van der Waals surface area (Å²) in [5.74, 6) is 0. The van der Waals surface area contributed by atoms with Gasteiger partial charge in [0.15, 0.2) is 0 Å². The van der Waals surface area contributed by atoms with Crippen molar-refractivity contribution in [3.63, 3.8) is 0 Å². The van der Waals surface area contributed by atoms with Crippen LogP contribution in [-0.2, 0) is 6.18 Å². The van der Waals surface area contributed by atoms with Crippen molar-refractivity contribution in [3.8, 4) is 6.07 Å². The van der Waals surface area contributed by atoms with Crippen molar-refractivity contribution in [2.75, 3.05) is 0 Å². The second-order valence-electron chi connectivity index (χ2n) is 2.71. The Morgan fingerprint density at radius 3 is 2.27 bits per heavy atom. The highest BCUT2D eigenvalue weighted by Gasteiger charge is 2.31. The van der Waals surface area contributed by atoms with E-state index >= 15 is 0 Å². The molecular formula is C9H4Br2F3N. The molecule has 0 unspecified atom stereocenters. The molecule has 0 amide bonds. The molecule has 0 saturated carbocycles. The van der Waals surface area contributed by atoms with Gasteiger partial charge < -0.3 is 0 Å². The molecule has 1 aromatic carbocycles. The van der Waals surface area contributed by atoms with Crippen LogP contribution in [0.3, 0.4) is 0 Å². The number of nitriles is 1. The van der Waals surface area contributed by atoms with Crippen molar-refractivity contribution in [2.45, 2.75) is 9.91 Å². The lowest BCUT2D eigenvalue weighted by atomic mass is 10.1. The van der Waals surface area contributed by atoms with Crippen LogP contribution in [0, 0.1) is 11.3 Å². The molecule has 0 radical (unpaired) electrons. The maximum absolute atomic E-state index is 12.3. The first-order chi connectivity index (χ1) is 6.86. The van der Waals surface area contributed by atoms with Crippen molar-refractivity contribution in [1.29, 1.82) is 5.26 Å². The molecule has 0 heterocycles. The topological polar surface area (TPSA) is 23.8 Å². The second kappa shape index (κ2) is 4.54. The monoisotopic (exact) mass is 341 g/mol. The smallest absolute Gasteiger partial charge is 0.192 e. The number of nitrogens with zero attached hydrogens (tertiary/aromatic N) is 1. The highest BCUT2D eigenvalue weighted by atomic mass is 79.9. The maximum atomic E-state index is 12.3. The Balaban J connectivity index is 3.27. The molecule has 15 heavy (non-hydrogen) atoms. The molecule has 1 aromatic rings. The van der Waals surface area contributed by atoms with E-state index < -0.39 is 11.7 Å². The lowest BCUT2D eigenvalue weighted by Crippen LogP contribution is -2.05. The molecule has 1 rings (SSSR count). The zero-order valence-corrected chi connectivity index (χ0v) is 10.3. The van der Waals surface area contributed by atoms with Crippen LogP contribution in [0.25, 0.3) is 0 Å². The second-order valence-corrected chi connectivity index (χ2v) is 5.77. The van der Waals surface area contributed by atoms with Gasteiger partial charge in [-0.1, -0.05) is 37.9 Å². The Morgan fingerprint density at radius 2 is 1.87 bits per heavy atom. The number of hydrogen-bond acceptors (Lipinski definition) is 1. The number of benzene rings is 1. The van der Waals surface area contributed by atoms with Gasteiger partial charge in [0.2, 0.25) is 0 Å². The van der Waals surface area contributed by atoms with E-state index in [1.54, 1.807) is 6.07 Å².